The average Bonchev–Trinajstić information content (AvgIpc) is 2.22. The number of aliphatic carboxylic acids is 1. The molecule has 0 heterocycles. The maximum absolute atomic E-state index is 11.5. The van der Waals surface area contributed by atoms with Crippen molar-refractivity contribution in [3.63, 3.8) is 0 Å². The van der Waals surface area contributed by atoms with Crippen LogP contribution in [0.15, 0.2) is 12.7 Å². The van der Waals surface area contributed by atoms with Crippen LogP contribution in [0.2, 0.25) is 0 Å². The Morgan fingerprint density at radius 1 is 1.50 bits per heavy atom. The number of aliphatic hydroxyl groups excluding tert-OH is 1. The molecule has 0 aliphatic heterocycles. The lowest BCUT2D eigenvalue weighted by molar-refractivity contribution is -0.212. The topological polar surface area (TPSA) is 95.9 Å². The van der Waals surface area contributed by atoms with E-state index >= 15 is 0 Å². The van der Waals surface area contributed by atoms with Crippen molar-refractivity contribution in [1.29, 1.82) is 0 Å². The maximum Gasteiger partial charge on any atom is 0.408 e. The van der Waals surface area contributed by atoms with Crippen molar-refractivity contribution < 1.29 is 24.5 Å². The number of alkyl carbamates (subject to hydrolysis) is 1. The Bertz CT molecular complexity index is 390. The molecular weight excluding hydrogens is 238 g/mol. The largest absolute Gasteiger partial charge is 0.479 e. The van der Waals surface area contributed by atoms with Gasteiger partial charge in [0.1, 0.15) is 6.61 Å². The van der Waals surface area contributed by atoms with Crippen molar-refractivity contribution >= 4 is 12.1 Å². The molecule has 0 unspecified atom stereocenters. The van der Waals surface area contributed by atoms with Crippen LogP contribution in [0.4, 0.5) is 4.79 Å². The molecule has 2 rings (SSSR count). The zero-order valence-corrected chi connectivity index (χ0v) is 10.0. The number of hydrogen-bond donors (Lipinski definition) is 3. The first-order valence-corrected chi connectivity index (χ1v) is 5.96. The highest BCUT2D eigenvalue weighted by Crippen LogP contribution is 2.62. The molecule has 0 bridgehead atoms. The van der Waals surface area contributed by atoms with Gasteiger partial charge in [0.15, 0.2) is 5.54 Å². The molecule has 0 aromatic rings. The highest BCUT2D eigenvalue weighted by molar-refractivity contribution is 5.87. The van der Waals surface area contributed by atoms with Gasteiger partial charge in [-0.2, -0.15) is 0 Å². The summed E-state index contributed by atoms with van der Waals surface area (Å²) in [6.07, 6.45) is 2.09. The molecule has 1 amide bonds. The summed E-state index contributed by atoms with van der Waals surface area (Å²) in [5.41, 5.74) is -2.10. The average molecular weight is 255 g/mol. The summed E-state index contributed by atoms with van der Waals surface area (Å²) in [7, 11) is 0. The molecule has 100 valence electrons. The Morgan fingerprint density at radius 3 is 2.56 bits per heavy atom. The van der Waals surface area contributed by atoms with Gasteiger partial charge in [0.25, 0.3) is 0 Å². The van der Waals surface area contributed by atoms with Gasteiger partial charge < -0.3 is 20.3 Å². The highest BCUT2D eigenvalue weighted by atomic mass is 16.5. The van der Waals surface area contributed by atoms with E-state index in [4.69, 9.17) is 4.74 Å². The summed E-state index contributed by atoms with van der Waals surface area (Å²) in [6, 6.07) is 0. The summed E-state index contributed by atoms with van der Waals surface area (Å²) in [5, 5.41) is 21.6. The third-order valence-corrected chi connectivity index (χ3v) is 4.25. The van der Waals surface area contributed by atoms with E-state index in [1.165, 1.54) is 6.08 Å². The summed E-state index contributed by atoms with van der Waals surface area (Å²) >= 11 is 0. The first-order valence-electron chi connectivity index (χ1n) is 5.96. The van der Waals surface area contributed by atoms with Crippen molar-refractivity contribution in [3.05, 3.63) is 12.7 Å². The van der Waals surface area contributed by atoms with Gasteiger partial charge in [-0.05, 0) is 12.8 Å². The summed E-state index contributed by atoms with van der Waals surface area (Å²) in [4.78, 5) is 23.0. The molecule has 1 spiro atoms. The van der Waals surface area contributed by atoms with Crippen LogP contribution in [0.5, 0.6) is 0 Å². The zero-order chi connectivity index (χ0) is 13.4. The molecule has 0 aromatic carbocycles. The monoisotopic (exact) mass is 255 g/mol. The Balaban J connectivity index is 2.12. The second kappa shape index (κ2) is 4.28. The van der Waals surface area contributed by atoms with E-state index in [0.717, 1.165) is 6.42 Å². The van der Waals surface area contributed by atoms with Crippen molar-refractivity contribution in [2.45, 2.75) is 37.3 Å². The van der Waals surface area contributed by atoms with E-state index in [1.807, 2.05) is 0 Å². The molecule has 18 heavy (non-hydrogen) atoms. The van der Waals surface area contributed by atoms with Crippen LogP contribution in [0.3, 0.4) is 0 Å². The van der Waals surface area contributed by atoms with Gasteiger partial charge in [0, 0.05) is 11.8 Å². The standard InChI is InChI=1S/C12H17NO5/c1-2-6-18-10(17)13-12(9(15)16)7-8(14)11(12)4-3-5-11/h2,8,14H,1,3-7H2,(H,13,17)(H,15,16)/t8-,12+/m0/s1. The number of ether oxygens (including phenoxy) is 1. The Morgan fingerprint density at radius 2 is 2.17 bits per heavy atom. The van der Waals surface area contributed by atoms with Crippen LogP contribution < -0.4 is 5.32 Å². The highest BCUT2D eigenvalue weighted by Gasteiger charge is 2.72. The molecule has 0 radical (unpaired) electrons. The molecular formula is C12H17NO5. The molecule has 2 aliphatic carbocycles. The predicted octanol–water partition coefficient (Wildman–Crippen LogP) is 0.657. The van der Waals surface area contributed by atoms with E-state index in [0.29, 0.717) is 12.8 Å². The molecule has 6 heteroatoms. The van der Waals surface area contributed by atoms with Gasteiger partial charge in [0.05, 0.1) is 6.10 Å². The second-order valence-electron chi connectivity index (χ2n) is 4.95. The normalized spacial score (nSPS) is 31.9. The Kier molecular flexibility index (Phi) is 3.06. The van der Waals surface area contributed by atoms with Gasteiger partial charge >= 0.3 is 12.1 Å². The Hall–Kier alpha value is -1.56. The lowest BCUT2D eigenvalue weighted by Crippen LogP contribution is -2.79. The van der Waals surface area contributed by atoms with Gasteiger partial charge in [-0.1, -0.05) is 19.1 Å². The number of rotatable bonds is 4. The third kappa shape index (κ3) is 1.52. The smallest absolute Gasteiger partial charge is 0.408 e. The van der Waals surface area contributed by atoms with Crippen LogP contribution in [0.1, 0.15) is 25.7 Å². The third-order valence-electron chi connectivity index (χ3n) is 4.25. The lowest BCUT2D eigenvalue weighted by Gasteiger charge is -2.64. The van der Waals surface area contributed by atoms with Gasteiger partial charge in [-0.25, -0.2) is 9.59 Å². The van der Waals surface area contributed by atoms with E-state index in [9.17, 15) is 19.8 Å². The summed E-state index contributed by atoms with van der Waals surface area (Å²) in [5.74, 6) is -1.11. The minimum absolute atomic E-state index is 0.0249. The maximum atomic E-state index is 11.5. The number of hydrogen-bond acceptors (Lipinski definition) is 4. The van der Waals surface area contributed by atoms with E-state index in [-0.39, 0.29) is 13.0 Å². The number of carboxylic acid groups (broad SMARTS) is 1. The van der Waals surface area contributed by atoms with Crippen LogP contribution >= 0.6 is 0 Å². The molecule has 2 saturated carbocycles. The van der Waals surface area contributed by atoms with Gasteiger partial charge in [-0.3, -0.25) is 0 Å². The summed E-state index contributed by atoms with van der Waals surface area (Å²) in [6.45, 7) is 3.43. The molecule has 2 fully saturated rings. The first kappa shape index (κ1) is 12.9. The van der Waals surface area contributed by atoms with Gasteiger partial charge in [-0.15, -0.1) is 0 Å². The summed E-state index contributed by atoms with van der Waals surface area (Å²) < 4.78 is 4.76. The molecule has 3 N–H and O–H groups in total. The minimum atomic E-state index is -1.39. The quantitative estimate of drug-likeness (QED) is 0.641. The first-order chi connectivity index (χ1) is 8.48. The van der Waals surface area contributed by atoms with Crippen molar-refractivity contribution in [3.8, 4) is 0 Å². The van der Waals surface area contributed by atoms with E-state index in [1.54, 1.807) is 0 Å². The number of carbonyl (C=O) groups excluding carboxylic acids is 1. The predicted molar refractivity (Wildman–Crippen MR) is 62.0 cm³/mol. The number of carbonyl (C=O) groups is 2. The molecule has 2 aliphatic rings. The molecule has 6 nitrogen and oxygen atoms in total. The fourth-order valence-electron chi connectivity index (χ4n) is 3.03. The minimum Gasteiger partial charge on any atom is -0.479 e. The molecule has 0 saturated heterocycles. The van der Waals surface area contributed by atoms with Crippen LogP contribution in [-0.2, 0) is 9.53 Å². The van der Waals surface area contributed by atoms with Crippen LogP contribution in [0, 0.1) is 5.41 Å². The number of amides is 1. The fraction of sp³-hybridized carbons (Fsp3) is 0.667. The number of nitrogens with one attached hydrogen (secondary N) is 1. The van der Waals surface area contributed by atoms with Crippen molar-refractivity contribution in [2.24, 2.45) is 5.41 Å². The van der Waals surface area contributed by atoms with Crippen molar-refractivity contribution in [2.75, 3.05) is 6.61 Å². The lowest BCUT2D eigenvalue weighted by atomic mass is 9.43. The van der Waals surface area contributed by atoms with Gasteiger partial charge in [0.2, 0.25) is 0 Å². The van der Waals surface area contributed by atoms with E-state index in [2.05, 4.69) is 11.9 Å². The van der Waals surface area contributed by atoms with E-state index < -0.39 is 29.1 Å². The van der Waals surface area contributed by atoms with Crippen molar-refractivity contribution in [1.82, 2.24) is 5.32 Å². The molecule has 0 aromatic heterocycles. The Labute approximate surface area is 105 Å². The zero-order valence-electron chi connectivity index (χ0n) is 10.0. The fourth-order valence-corrected chi connectivity index (χ4v) is 3.03. The second-order valence-corrected chi connectivity index (χ2v) is 4.95. The molecule has 2 atom stereocenters. The van der Waals surface area contributed by atoms with Crippen LogP contribution in [0.25, 0.3) is 0 Å². The number of carboxylic acids is 1. The number of aliphatic hydroxyl groups is 1. The van der Waals surface area contributed by atoms with Crippen LogP contribution in [-0.4, -0.2) is 40.5 Å². The SMILES string of the molecule is C=CCOC(=O)N[C@@]1(C(=O)O)C[C@H](O)C12CCC2.